The Morgan fingerprint density at radius 1 is 1.15 bits per heavy atom. The number of piperazine rings is 1. The van der Waals surface area contributed by atoms with E-state index in [1.165, 1.54) is 0 Å². The molecule has 1 saturated heterocycles. The van der Waals surface area contributed by atoms with Crippen LogP contribution in [0.1, 0.15) is 11.3 Å². The molecule has 1 amide bonds. The first-order chi connectivity index (χ1) is 12.6. The van der Waals surface area contributed by atoms with Crippen LogP contribution < -0.4 is 5.43 Å². The van der Waals surface area contributed by atoms with Gasteiger partial charge < -0.3 is 4.57 Å². The summed E-state index contributed by atoms with van der Waals surface area (Å²) in [5, 5.41) is 4.83. The normalized spacial score (nSPS) is 16.2. The molecule has 3 rings (SSSR count). The molecule has 0 aliphatic carbocycles. The molecular weight excluding hydrogens is 350 g/mol. The first kappa shape index (κ1) is 18.6. The Bertz CT molecular complexity index is 765. The molecule has 0 atom stereocenters. The molecule has 7 heteroatoms. The summed E-state index contributed by atoms with van der Waals surface area (Å²) in [5.74, 6) is -0.0880. The van der Waals surface area contributed by atoms with Crippen LogP contribution in [0.2, 0.25) is 5.02 Å². The summed E-state index contributed by atoms with van der Waals surface area (Å²) in [4.78, 5) is 16.6. The molecule has 2 aromatic rings. The number of amides is 1. The molecule has 1 N–H and O–H groups in total. The van der Waals surface area contributed by atoms with Crippen molar-refractivity contribution in [2.45, 2.75) is 6.54 Å². The molecule has 138 valence electrons. The number of halogens is 1. The Morgan fingerprint density at radius 2 is 1.88 bits per heavy atom. The molecule has 0 bridgehead atoms. The van der Waals surface area contributed by atoms with Gasteiger partial charge >= 0.3 is 0 Å². The Labute approximate surface area is 159 Å². The highest BCUT2D eigenvalue weighted by Crippen LogP contribution is 2.17. The van der Waals surface area contributed by atoms with Crippen molar-refractivity contribution in [3.8, 4) is 0 Å². The van der Waals surface area contributed by atoms with E-state index < -0.39 is 0 Å². The van der Waals surface area contributed by atoms with Gasteiger partial charge in [-0.1, -0.05) is 29.8 Å². The number of hydrazone groups is 1. The first-order valence-corrected chi connectivity index (χ1v) is 9.11. The fraction of sp³-hybridized carbons (Fsp3) is 0.368. The highest BCUT2D eigenvalue weighted by molar-refractivity contribution is 6.31. The van der Waals surface area contributed by atoms with Gasteiger partial charge in [0.2, 0.25) is 0 Å². The monoisotopic (exact) mass is 373 g/mol. The van der Waals surface area contributed by atoms with Crippen molar-refractivity contribution in [2.24, 2.45) is 12.1 Å². The third kappa shape index (κ3) is 5.17. The van der Waals surface area contributed by atoms with Crippen LogP contribution in [0.4, 0.5) is 0 Å². The number of hydrogen-bond donors (Lipinski definition) is 1. The fourth-order valence-electron chi connectivity index (χ4n) is 2.99. The molecule has 0 radical (unpaired) electrons. The molecule has 0 spiro atoms. The number of nitrogens with one attached hydrogen (secondary N) is 1. The minimum absolute atomic E-state index is 0.0880. The number of carbonyl (C=O) groups is 1. The molecule has 1 aliphatic heterocycles. The van der Waals surface area contributed by atoms with E-state index in [0.29, 0.717) is 6.54 Å². The number of aryl methyl sites for hydroxylation is 1. The van der Waals surface area contributed by atoms with Crippen molar-refractivity contribution >= 4 is 23.7 Å². The molecule has 1 fully saturated rings. The van der Waals surface area contributed by atoms with Crippen molar-refractivity contribution < 1.29 is 4.79 Å². The summed E-state index contributed by atoms with van der Waals surface area (Å²) in [6.07, 6.45) is 3.59. The largest absolute Gasteiger partial charge is 0.350 e. The molecule has 1 aromatic carbocycles. The highest BCUT2D eigenvalue weighted by atomic mass is 35.5. The van der Waals surface area contributed by atoms with Gasteiger partial charge in [-0.05, 0) is 23.8 Å². The number of benzene rings is 1. The second-order valence-electron chi connectivity index (χ2n) is 6.48. The van der Waals surface area contributed by atoms with Crippen LogP contribution in [0.15, 0.2) is 47.7 Å². The minimum Gasteiger partial charge on any atom is -0.350 e. The van der Waals surface area contributed by atoms with Crippen molar-refractivity contribution in [1.29, 1.82) is 0 Å². The zero-order valence-corrected chi connectivity index (χ0v) is 15.7. The fourth-order valence-corrected chi connectivity index (χ4v) is 3.19. The van der Waals surface area contributed by atoms with E-state index in [0.717, 1.165) is 49.0 Å². The number of nitrogens with zero attached hydrogens (tertiary/aromatic N) is 4. The standard InChI is InChI=1S/C19H24ClN5O/c1-23-8-4-6-17(23)13-21-22-19(26)15-25-11-9-24(10-12-25)14-16-5-2-3-7-18(16)20/h2-8,13H,9-12,14-15H2,1H3,(H,22,26)/b21-13-. The third-order valence-electron chi connectivity index (χ3n) is 4.55. The van der Waals surface area contributed by atoms with Crippen LogP contribution in [-0.2, 0) is 18.4 Å². The van der Waals surface area contributed by atoms with Crippen LogP contribution in [0.3, 0.4) is 0 Å². The zero-order valence-electron chi connectivity index (χ0n) is 14.9. The lowest BCUT2D eigenvalue weighted by molar-refractivity contribution is -0.122. The van der Waals surface area contributed by atoms with Gasteiger partial charge in [-0.2, -0.15) is 5.10 Å². The van der Waals surface area contributed by atoms with Crippen LogP contribution in [0.5, 0.6) is 0 Å². The molecule has 1 aliphatic rings. The lowest BCUT2D eigenvalue weighted by Crippen LogP contribution is -2.48. The van der Waals surface area contributed by atoms with E-state index in [-0.39, 0.29) is 5.91 Å². The SMILES string of the molecule is Cn1cccc1/C=N\NC(=O)CN1CCN(Cc2ccccc2Cl)CC1. The van der Waals surface area contributed by atoms with E-state index >= 15 is 0 Å². The summed E-state index contributed by atoms with van der Waals surface area (Å²) >= 11 is 6.23. The summed E-state index contributed by atoms with van der Waals surface area (Å²) in [5.41, 5.74) is 4.69. The lowest BCUT2D eigenvalue weighted by atomic mass is 10.2. The predicted octanol–water partition coefficient (Wildman–Crippen LogP) is 1.95. The first-order valence-electron chi connectivity index (χ1n) is 8.73. The average molecular weight is 374 g/mol. The number of rotatable bonds is 6. The van der Waals surface area contributed by atoms with Crippen molar-refractivity contribution in [3.05, 3.63) is 58.9 Å². The lowest BCUT2D eigenvalue weighted by Gasteiger charge is -2.34. The summed E-state index contributed by atoms with van der Waals surface area (Å²) in [7, 11) is 1.94. The number of aromatic nitrogens is 1. The van der Waals surface area contributed by atoms with E-state index in [1.807, 2.05) is 48.1 Å². The second kappa shape index (κ2) is 8.98. The Morgan fingerprint density at radius 3 is 2.58 bits per heavy atom. The maximum Gasteiger partial charge on any atom is 0.254 e. The minimum atomic E-state index is -0.0880. The third-order valence-corrected chi connectivity index (χ3v) is 4.92. The van der Waals surface area contributed by atoms with Gasteiger partial charge in [0.15, 0.2) is 0 Å². The summed E-state index contributed by atoms with van der Waals surface area (Å²) < 4.78 is 1.94. The van der Waals surface area contributed by atoms with Gasteiger partial charge in [0.05, 0.1) is 18.5 Å². The van der Waals surface area contributed by atoms with Gasteiger partial charge in [0.25, 0.3) is 5.91 Å². The molecule has 6 nitrogen and oxygen atoms in total. The second-order valence-corrected chi connectivity index (χ2v) is 6.89. The number of carbonyl (C=O) groups excluding carboxylic acids is 1. The van der Waals surface area contributed by atoms with E-state index in [1.54, 1.807) is 6.21 Å². The van der Waals surface area contributed by atoms with E-state index in [2.05, 4.69) is 26.4 Å². The molecule has 0 unspecified atom stereocenters. The Hall–Kier alpha value is -2.15. The van der Waals surface area contributed by atoms with Gasteiger partial charge in [0, 0.05) is 51.0 Å². The molecular formula is C19H24ClN5O. The van der Waals surface area contributed by atoms with Crippen molar-refractivity contribution in [1.82, 2.24) is 19.8 Å². The van der Waals surface area contributed by atoms with Gasteiger partial charge in [0.1, 0.15) is 0 Å². The zero-order chi connectivity index (χ0) is 18.4. The van der Waals surface area contributed by atoms with E-state index in [9.17, 15) is 4.79 Å². The van der Waals surface area contributed by atoms with Crippen LogP contribution in [0, 0.1) is 0 Å². The van der Waals surface area contributed by atoms with Gasteiger partial charge in [-0.25, -0.2) is 5.43 Å². The van der Waals surface area contributed by atoms with Gasteiger partial charge in [-0.3, -0.25) is 14.6 Å². The smallest absolute Gasteiger partial charge is 0.254 e. The molecule has 1 aromatic heterocycles. The average Bonchev–Trinajstić information content (AvgIpc) is 3.04. The maximum absolute atomic E-state index is 12.0. The van der Waals surface area contributed by atoms with Crippen LogP contribution in [0.25, 0.3) is 0 Å². The van der Waals surface area contributed by atoms with Crippen molar-refractivity contribution in [2.75, 3.05) is 32.7 Å². The maximum atomic E-state index is 12.0. The molecule has 0 saturated carbocycles. The highest BCUT2D eigenvalue weighted by Gasteiger charge is 2.19. The topological polar surface area (TPSA) is 52.9 Å². The summed E-state index contributed by atoms with van der Waals surface area (Å²) in [6.45, 7) is 4.78. The predicted molar refractivity (Wildman–Crippen MR) is 104 cm³/mol. The quantitative estimate of drug-likeness (QED) is 0.622. The van der Waals surface area contributed by atoms with Crippen LogP contribution in [-0.4, -0.2) is 59.2 Å². The summed E-state index contributed by atoms with van der Waals surface area (Å²) in [6, 6.07) is 11.8. The van der Waals surface area contributed by atoms with E-state index in [4.69, 9.17) is 11.6 Å². The van der Waals surface area contributed by atoms with Crippen molar-refractivity contribution in [3.63, 3.8) is 0 Å². The van der Waals surface area contributed by atoms with Crippen LogP contribution >= 0.6 is 11.6 Å². The van der Waals surface area contributed by atoms with Gasteiger partial charge in [-0.15, -0.1) is 0 Å². The Kier molecular flexibility index (Phi) is 6.44. The molecule has 26 heavy (non-hydrogen) atoms. The Balaban J connectivity index is 1.39. The number of hydrogen-bond acceptors (Lipinski definition) is 4. The molecule has 2 heterocycles.